The molecular weight excluding hydrogens is 480 g/mol. The Balaban J connectivity index is 1.36. The number of aromatic nitrogens is 3. The summed E-state index contributed by atoms with van der Waals surface area (Å²) in [5.41, 5.74) is 4.93. The zero-order valence-corrected chi connectivity index (χ0v) is 20.9. The first-order valence-electron chi connectivity index (χ1n) is 11.9. The van der Waals surface area contributed by atoms with Gasteiger partial charge in [-0.15, -0.1) is 0 Å². The highest BCUT2D eigenvalue weighted by atomic mass is 32.2. The highest BCUT2D eigenvalue weighted by Crippen LogP contribution is 2.39. The summed E-state index contributed by atoms with van der Waals surface area (Å²) in [6.07, 6.45) is 6.20. The van der Waals surface area contributed by atoms with Gasteiger partial charge in [0.1, 0.15) is 29.4 Å². The largest absolute Gasteiger partial charge is 0.491 e. The van der Waals surface area contributed by atoms with Crippen LogP contribution in [0.3, 0.4) is 0 Å². The van der Waals surface area contributed by atoms with Gasteiger partial charge in [0.2, 0.25) is 0 Å². The van der Waals surface area contributed by atoms with E-state index in [-0.39, 0.29) is 16.1 Å². The van der Waals surface area contributed by atoms with E-state index in [2.05, 4.69) is 39.0 Å². The third-order valence-corrected chi connectivity index (χ3v) is 8.32. The molecule has 3 aliphatic rings. The molecule has 4 heterocycles. The summed E-state index contributed by atoms with van der Waals surface area (Å²) in [5, 5.41) is 2.43. The summed E-state index contributed by atoms with van der Waals surface area (Å²) in [4.78, 5) is 27.2. The Bertz CT molecular complexity index is 1500. The quantitative estimate of drug-likeness (QED) is 0.542. The SMILES string of the molecule is CC1(C)CCc2ncnc(N3CCOc4ccc(-c5cnc6c(c5)S(=O)(=O)NC(=O)N6)cc4C3)c2C1. The Morgan fingerprint density at radius 1 is 1.11 bits per heavy atom. The van der Waals surface area contributed by atoms with Gasteiger partial charge < -0.3 is 9.64 Å². The van der Waals surface area contributed by atoms with Gasteiger partial charge in [-0.3, -0.25) is 5.32 Å². The molecule has 0 radical (unpaired) electrons. The van der Waals surface area contributed by atoms with E-state index in [1.807, 2.05) is 22.9 Å². The molecule has 3 aromatic rings. The van der Waals surface area contributed by atoms with Crippen LogP contribution in [0.1, 0.15) is 37.1 Å². The normalized spacial score (nSPS) is 19.5. The number of hydrogen-bond acceptors (Lipinski definition) is 8. The van der Waals surface area contributed by atoms with Crippen LogP contribution in [0, 0.1) is 5.41 Å². The molecule has 0 atom stereocenters. The Kier molecular flexibility index (Phi) is 5.15. The fourth-order valence-corrected chi connectivity index (χ4v) is 6.14. The van der Waals surface area contributed by atoms with E-state index in [0.29, 0.717) is 25.3 Å². The number of carbonyl (C=O) groups excluding carboxylic acids is 1. The molecule has 1 aromatic carbocycles. The van der Waals surface area contributed by atoms with E-state index < -0.39 is 16.1 Å². The first-order chi connectivity index (χ1) is 17.2. The number of ether oxygens (including phenoxy) is 1. The van der Waals surface area contributed by atoms with Gasteiger partial charge in [0.25, 0.3) is 10.0 Å². The van der Waals surface area contributed by atoms with Crippen LogP contribution in [0.2, 0.25) is 0 Å². The summed E-state index contributed by atoms with van der Waals surface area (Å²) in [7, 11) is -3.98. The number of rotatable bonds is 2. The summed E-state index contributed by atoms with van der Waals surface area (Å²) < 4.78 is 32.9. The average Bonchev–Trinajstić information content (AvgIpc) is 3.04. The highest BCUT2D eigenvalue weighted by Gasteiger charge is 2.31. The van der Waals surface area contributed by atoms with Crippen molar-refractivity contribution in [3.8, 4) is 16.9 Å². The van der Waals surface area contributed by atoms with Crippen LogP contribution in [0.15, 0.2) is 41.7 Å². The number of amides is 2. The maximum Gasteiger partial charge on any atom is 0.334 e. The van der Waals surface area contributed by atoms with Gasteiger partial charge >= 0.3 is 6.03 Å². The highest BCUT2D eigenvalue weighted by molar-refractivity contribution is 7.90. The molecule has 1 aliphatic carbocycles. The molecule has 10 nitrogen and oxygen atoms in total. The van der Waals surface area contributed by atoms with Gasteiger partial charge in [-0.05, 0) is 48.4 Å². The van der Waals surface area contributed by atoms with Gasteiger partial charge in [-0.1, -0.05) is 19.9 Å². The van der Waals surface area contributed by atoms with Crippen molar-refractivity contribution in [2.24, 2.45) is 5.41 Å². The average molecular weight is 507 g/mol. The zero-order valence-electron chi connectivity index (χ0n) is 20.0. The predicted molar refractivity (Wildman–Crippen MR) is 133 cm³/mol. The van der Waals surface area contributed by atoms with Gasteiger partial charge in [-0.2, -0.15) is 0 Å². The van der Waals surface area contributed by atoms with Crippen molar-refractivity contribution >= 4 is 27.7 Å². The molecule has 0 fully saturated rings. The predicted octanol–water partition coefficient (Wildman–Crippen LogP) is 3.28. The molecule has 11 heteroatoms. The van der Waals surface area contributed by atoms with Crippen molar-refractivity contribution < 1.29 is 17.9 Å². The Morgan fingerprint density at radius 2 is 1.97 bits per heavy atom. The summed E-state index contributed by atoms with van der Waals surface area (Å²) >= 11 is 0. The third-order valence-electron chi connectivity index (χ3n) is 6.98. The number of nitrogens with zero attached hydrogens (tertiary/aromatic N) is 4. The van der Waals surface area contributed by atoms with Crippen LogP contribution in [0.25, 0.3) is 11.1 Å². The molecule has 0 saturated heterocycles. The number of pyridine rings is 1. The lowest BCUT2D eigenvalue weighted by Crippen LogP contribution is -2.39. The lowest BCUT2D eigenvalue weighted by molar-refractivity contribution is 0.256. The van der Waals surface area contributed by atoms with Crippen LogP contribution >= 0.6 is 0 Å². The number of sulfonamides is 1. The van der Waals surface area contributed by atoms with Crippen molar-refractivity contribution in [2.45, 2.75) is 44.6 Å². The van der Waals surface area contributed by atoms with Gasteiger partial charge in [0.15, 0.2) is 5.82 Å². The number of aryl methyl sites for hydroxylation is 1. The fraction of sp³-hybridized carbons (Fsp3) is 0.360. The Hall–Kier alpha value is -3.73. The van der Waals surface area contributed by atoms with Crippen molar-refractivity contribution in [1.29, 1.82) is 0 Å². The molecule has 186 valence electrons. The molecule has 0 bridgehead atoms. The van der Waals surface area contributed by atoms with E-state index in [0.717, 1.165) is 47.7 Å². The van der Waals surface area contributed by atoms with Crippen LogP contribution in [0.4, 0.5) is 16.4 Å². The molecule has 0 saturated carbocycles. The van der Waals surface area contributed by atoms with Crippen molar-refractivity contribution in [1.82, 2.24) is 19.7 Å². The first kappa shape index (κ1) is 22.7. The molecule has 2 N–H and O–H groups in total. The van der Waals surface area contributed by atoms with Crippen molar-refractivity contribution in [2.75, 3.05) is 23.4 Å². The summed E-state index contributed by atoms with van der Waals surface area (Å²) in [6, 6.07) is 6.48. The van der Waals surface area contributed by atoms with Gasteiger partial charge in [-0.25, -0.2) is 32.9 Å². The summed E-state index contributed by atoms with van der Waals surface area (Å²) in [6.45, 7) is 6.39. The number of nitrogens with one attached hydrogen (secondary N) is 2. The second-order valence-corrected chi connectivity index (χ2v) is 11.8. The first-order valence-corrected chi connectivity index (χ1v) is 13.3. The van der Waals surface area contributed by atoms with E-state index in [1.54, 1.807) is 12.5 Å². The summed E-state index contributed by atoms with van der Waals surface area (Å²) in [5.74, 6) is 1.76. The molecule has 0 spiro atoms. The number of hydrogen-bond donors (Lipinski definition) is 2. The maximum atomic E-state index is 12.5. The minimum atomic E-state index is -3.98. The van der Waals surface area contributed by atoms with Crippen LogP contribution < -0.4 is 19.7 Å². The molecule has 2 aromatic heterocycles. The van der Waals surface area contributed by atoms with E-state index in [1.165, 1.54) is 11.6 Å². The van der Waals surface area contributed by atoms with E-state index >= 15 is 0 Å². The number of anilines is 2. The molecule has 36 heavy (non-hydrogen) atoms. The minimum Gasteiger partial charge on any atom is -0.491 e. The van der Waals surface area contributed by atoms with Crippen LogP contribution in [0.5, 0.6) is 5.75 Å². The topological polar surface area (TPSA) is 126 Å². The monoisotopic (exact) mass is 506 g/mol. The van der Waals surface area contributed by atoms with Gasteiger partial charge in [0, 0.05) is 35.1 Å². The molecule has 6 rings (SSSR count). The minimum absolute atomic E-state index is 0.0169. The number of fused-ring (bicyclic) bond motifs is 3. The molecule has 2 aliphatic heterocycles. The van der Waals surface area contributed by atoms with E-state index in [9.17, 15) is 13.2 Å². The lowest BCUT2D eigenvalue weighted by atomic mass is 9.76. The Labute approximate surface area is 209 Å². The molecular formula is C25H26N6O4S. The zero-order chi connectivity index (χ0) is 25.1. The lowest BCUT2D eigenvalue weighted by Gasteiger charge is -2.33. The number of carbonyl (C=O) groups is 1. The smallest absolute Gasteiger partial charge is 0.334 e. The van der Waals surface area contributed by atoms with Gasteiger partial charge in [0.05, 0.1) is 6.54 Å². The standard InChI is InChI=1S/C25H26N6O4S/c1-25(2)6-5-19-18(11-25)23(28-14-27-19)31-7-8-35-20-4-3-15(9-17(20)13-31)16-10-21-22(26-12-16)29-24(32)30-36(21,33)34/h3-4,9-10,12,14H,5-8,11,13H2,1-2H3,(H2,26,29,30,32). The third kappa shape index (κ3) is 4.02. The van der Waals surface area contributed by atoms with E-state index in [4.69, 9.17) is 4.74 Å². The molecule has 0 unspecified atom stereocenters. The van der Waals surface area contributed by atoms with Crippen molar-refractivity contribution in [3.63, 3.8) is 0 Å². The van der Waals surface area contributed by atoms with Crippen molar-refractivity contribution in [3.05, 3.63) is 53.6 Å². The second kappa shape index (κ2) is 8.16. The number of urea groups is 1. The second-order valence-electron chi connectivity index (χ2n) is 10.2. The van der Waals surface area contributed by atoms with Crippen LogP contribution in [-0.4, -0.2) is 42.6 Å². The molecule has 2 amide bonds. The van der Waals surface area contributed by atoms with Crippen LogP contribution in [-0.2, 0) is 29.4 Å². The fourth-order valence-electron chi connectivity index (χ4n) is 5.10. The maximum absolute atomic E-state index is 12.5. The Morgan fingerprint density at radius 3 is 2.83 bits per heavy atom. The number of benzene rings is 1.